The lowest BCUT2D eigenvalue weighted by molar-refractivity contribution is 0.408. The van der Waals surface area contributed by atoms with E-state index in [1.807, 2.05) is 25.3 Å². The summed E-state index contributed by atoms with van der Waals surface area (Å²) in [4.78, 5) is 7.38. The highest BCUT2D eigenvalue weighted by Crippen LogP contribution is 2.22. The van der Waals surface area contributed by atoms with Gasteiger partial charge in [-0.15, -0.1) is 0 Å². The number of imidazole rings is 1. The van der Waals surface area contributed by atoms with Crippen LogP contribution in [-0.4, -0.2) is 9.97 Å². The maximum absolute atomic E-state index is 13.0. The topological polar surface area (TPSA) is 40.7 Å². The standard InChI is InChI=1S/C15H20FN3/c1-10(2)15(12-4-6-13(16)7-5-12)18-9-14-8-17-11(3)19-14/h4-8,10,15,18H,9H2,1-3H3,(H,17,19). The molecule has 2 N–H and O–H groups in total. The number of aryl methyl sites for hydroxylation is 1. The van der Waals surface area contributed by atoms with Crippen molar-refractivity contribution in [1.82, 2.24) is 15.3 Å². The Kier molecular flexibility index (Phi) is 4.32. The van der Waals surface area contributed by atoms with E-state index in [0.29, 0.717) is 5.92 Å². The third kappa shape index (κ3) is 3.64. The summed E-state index contributed by atoms with van der Waals surface area (Å²) in [5.74, 6) is 1.14. The smallest absolute Gasteiger partial charge is 0.123 e. The number of nitrogens with zero attached hydrogens (tertiary/aromatic N) is 1. The van der Waals surface area contributed by atoms with Crippen LogP contribution >= 0.6 is 0 Å². The van der Waals surface area contributed by atoms with Gasteiger partial charge in [0.25, 0.3) is 0 Å². The molecule has 0 saturated carbocycles. The quantitative estimate of drug-likeness (QED) is 0.866. The van der Waals surface area contributed by atoms with Gasteiger partial charge in [-0.1, -0.05) is 26.0 Å². The summed E-state index contributed by atoms with van der Waals surface area (Å²) in [7, 11) is 0. The lowest BCUT2D eigenvalue weighted by atomic mass is 9.96. The molecule has 1 unspecified atom stereocenters. The minimum atomic E-state index is -0.199. The van der Waals surface area contributed by atoms with Crippen LogP contribution in [-0.2, 0) is 6.54 Å². The predicted octanol–water partition coefficient (Wildman–Crippen LogP) is 3.34. The first-order valence-electron chi connectivity index (χ1n) is 6.55. The molecule has 0 spiro atoms. The predicted molar refractivity (Wildman–Crippen MR) is 74.1 cm³/mol. The molecule has 0 aliphatic heterocycles. The molecule has 1 aromatic heterocycles. The number of rotatable bonds is 5. The Hall–Kier alpha value is -1.68. The Labute approximate surface area is 113 Å². The Morgan fingerprint density at radius 1 is 1.26 bits per heavy atom. The van der Waals surface area contributed by atoms with Crippen LogP contribution in [0.5, 0.6) is 0 Å². The minimum Gasteiger partial charge on any atom is -0.345 e. The van der Waals surface area contributed by atoms with Crippen LogP contribution in [0.3, 0.4) is 0 Å². The fourth-order valence-corrected chi connectivity index (χ4v) is 2.19. The van der Waals surface area contributed by atoms with Gasteiger partial charge in [0.05, 0.1) is 0 Å². The lowest BCUT2D eigenvalue weighted by Crippen LogP contribution is -2.25. The summed E-state index contributed by atoms with van der Waals surface area (Å²) < 4.78 is 13.0. The van der Waals surface area contributed by atoms with Crippen molar-refractivity contribution < 1.29 is 4.39 Å². The molecule has 3 nitrogen and oxygen atoms in total. The van der Waals surface area contributed by atoms with Gasteiger partial charge >= 0.3 is 0 Å². The van der Waals surface area contributed by atoms with Crippen LogP contribution in [0.1, 0.15) is 37.0 Å². The summed E-state index contributed by atoms with van der Waals surface area (Å²) in [5.41, 5.74) is 2.16. The number of benzene rings is 1. The van der Waals surface area contributed by atoms with Crippen molar-refractivity contribution in [3.63, 3.8) is 0 Å². The fraction of sp³-hybridized carbons (Fsp3) is 0.400. The van der Waals surface area contributed by atoms with E-state index in [2.05, 4.69) is 29.1 Å². The van der Waals surface area contributed by atoms with Gasteiger partial charge in [0.15, 0.2) is 0 Å². The molecule has 2 aromatic rings. The molecule has 0 saturated heterocycles. The number of hydrogen-bond acceptors (Lipinski definition) is 2. The first-order chi connectivity index (χ1) is 9.06. The minimum absolute atomic E-state index is 0.198. The van der Waals surface area contributed by atoms with Crippen molar-refractivity contribution in [1.29, 1.82) is 0 Å². The van der Waals surface area contributed by atoms with Crippen LogP contribution in [0.15, 0.2) is 30.5 Å². The van der Waals surface area contributed by atoms with E-state index in [9.17, 15) is 4.39 Å². The average Bonchev–Trinajstić information content (AvgIpc) is 2.77. The second kappa shape index (κ2) is 5.97. The number of H-pyrrole nitrogens is 1. The molecular weight excluding hydrogens is 241 g/mol. The second-order valence-electron chi connectivity index (χ2n) is 5.15. The van der Waals surface area contributed by atoms with Crippen molar-refractivity contribution in [3.8, 4) is 0 Å². The molecule has 2 rings (SSSR count). The molecule has 0 radical (unpaired) electrons. The van der Waals surface area contributed by atoms with Crippen molar-refractivity contribution in [2.75, 3.05) is 0 Å². The molecule has 19 heavy (non-hydrogen) atoms. The molecule has 1 aromatic carbocycles. The molecule has 0 aliphatic carbocycles. The van der Waals surface area contributed by atoms with E-state index in [1.54, 1.807) is 0 Å². The maximum atomic E-state index is 13.0. The van der Waals surface area contributed by atoms with E-state index in [1.165, 1.54) is 12.1 Å². The van der Waals surface area contributed by atoms with Gasteiger partial charge in [-0.05, 0) is 30.5 Å². The molecule has 0 fully saturated rings. The first-order valence-corrected chi connectivity index (χ1v) is 6.55. The molecule has 0 amide bonds. The molecule has 1 heterocycles. The largest absolute Gasteiger partial charge is 0.345 e. The van der Waals surface area contributed by atoms with Gasteiger partial charge in [0.2, 0.25) is 0 Å². The highest BCUT2D eigenvalue weighted by molar-refractivity contribution is 5.20. The van der Waals surface area contributed by atoms with E-state index in [4.69, 9.17) is 0 Å². The van der Waals surface area contributed by atoms with Crippen LogP contribution in [0.25, 0.3) is 0 Å². The Bertz CT molecular complexity index is 516. The van der Waals surface area contributed by atoms with Crippen LogP contribution < -0.4 is 5.32 Å². The molecule has 0 bridgehead atoms. The summed E-state index contributed by atoms with van der Waals surface area (Å²) in [6.07, 6.45) is 1.84. The SMILES string of the molecule is Cc1ncc(CNC(c2ccc(F)cc2)C(C)C)[nH]1. The summed E-state index contributed by atoms with van der Waals surface area (Å²) in [6, 6.07) is 6.89. The summed E-state index contributed by atoms with van der Waals surface area (Å²) >= 11 is 0. The maximum Gasteiger partial charge on any atom is 0.123 e. The van der Waals surface area contributed by atoms with Gasteiger partial charge < -0.3 is 10.3 Å². The van der Waals surface area contributed by atoms with Gasteiger partial charge in [-0.3, -0.25) is 0 Å². The zero-order valence-corrected chi connectivity index (χ0v) is 11.6. The van der Waals surface area contributed by atoms with E-state index in [0.717, 1.165) is 23.6 Å². The molecular formula is C15H20FN3. The van der Waals surface area contributed by atoms with Crippen molar-refractivity contribution in [2.24, 2.45) is 5.92 Å². The van der Waals surface area contributed by atoms with Crippen molar-refractivity contribution in [2.45, 2.75) is 33.4 Å². The van der Waals surface area contributed by atoms with E-state index < -0.39 is 0 Å². The number of aromatic amines is 1. The molecule has 1 atom stereocenters. The first kappa shape index (κ1) is 13.7. The van der Waals surface area contributed by atoms with Gasteiger partial charge in [-0.2, -0.15) is 0 Å². The highest BCUT2D eigenvalue weighted by atomic mass is 19.1. The number of aromatic nitrogens is 2. The normalized spacial score (nSPS) is 12.9. The number of halogens is 1. The fourth-order valence-electron chi connectivity index (χ4n) is 2.19. The van der Waals surface area contributed by atoms with Crippen LogP contribution in [0.4, 0.5) is 4.39 Å². The Morgan fingerprint density at radius 2 is 1.95 bits per heavy atom. The van der Waals surface area contributed by atoms with Crippen molar-refractivity contribution >= 4 is 0 Å². The second-order valence-corrected chi connectivity index (χ2v) is 5.15. The van der Waals surface area contributed by atoms with E-state index >= 15 is 0 Å². The molecule has 4 heteroatoms. The molecule has 102 valence electrons. The highest BCUT2D eigenvalue weighted by Gasteiger charge is 2.15. The average molecular weight is 261 g/mol. The van der Waals surface area contributed by atoms with Gasteiger partial charge in [-0.25, -0.2) is 9.37 Å². The Morgan fingerprint density at radius 3 is 2.47 bits per heavy atom. The summed E-state index contributed by atoms with van der Waals surface area (Å²) in [6.45, 7) is 6.96. The third-order valence-corrected chi connectivity index (χ3v) is 3.16. The van der Waals surface area contributed by atoms with Crippen molar-refractivity contribution in [3.05, 3.63) is 53.4 Å². The van der Waals surface area contributed by atoms with Gasteiger partial charge in [0.1, 0.15) is 11.6 Å². The van der Waals surface area contributed by atoms with Gasteiger partial charge in [0, 0.05) is 24.5 Å². The zero-order valence-electron chi connectivity index (χ0n) is 11.6. The number of nitrogens with one attached hydrogen (secondary N) is 2. The number of hydrogen-bond donors (Lipinski definition) is 2. The van der Waals surface area contributed by atoms with E-state index in [-0.39, 0.29) is 11.9 Å². The Balaban J connectivity index is 2.06. The third-order valence-electron chi connectivity index (χ3n) is 3.16. The molecule has 0 aliphatic rings. The zero-order chi connectivity index (χ0) is 13.8. The lowest BCUT2D eigenvalue weighted by Gasteiger charge is -2.22. The van der Waals surface area contributed by atoms with Crippen LogP contribution in [0.2, 0.25) is 0 Å². The summed E-state index contributed by atoms with van der Waals surface area (Å²) in [5, 5.41) is 3.49. The monoisotopic (exact) mass is 261 g/mol. The van der Waals surface area contributed by atoms with Crippen LogP contribution in [0, 0.1) is 18.7 Å².